The molecule has 2 aliphatic heterocycles. The minimum atomic E-state index is -0.475. The van der Waals surface area contributed by atoms with Crippen molar-refractivity contribution in [2.24, 2.45) is 0 Å². The second-order valence-electron chi connectivity index (χ2n) is 8.25. The third-order valence-electron chi connectivity index (χ3n) is 5.54. The summed E-state index contributed by atoms with van der Waals surface area (Å²) >= 11 is 4.24. The summed E-state index contributed by atoms with van der Waals surface area (Å²) in [4.78, 5) is 52.6. The summed E-state index contributed by atoms with van der Waals surface area (Å²) in [7, 11) is 0. The molecule has 2 aromatic rings. The molecule has 35 heavy (non-hydrogen) atoms. The van der Waals surface area contributed by atoms with Crippen molar-refractivity contribution < 1.29 is 23.9 Å². The van der Waals surface area contributed by atoms with Crippen molar-refractivity contribution in [1.82, 2.24) is 9.80 Å². The van der Waals surface area contributed by atoms with Gasteiger partial charge in [-0.1, -0.05) is 18.2 Å². The van der Waals surface area contributed by atoms with Gasteiger partial charge >= 0.3 is 0 Å². The second kappa shape index (κ2) is 11.1. The van der Waals surface area contributed by atoms with Crippen molar-refractivity contribution in [3.8, 4) is 5.75 Å². The molecule has 4 amide bonds. The molecule has 0 aromatic heterocycles. The van der Waals surface area contributed by atoms with Crippen LogP contribution in [0, 0.1) is 6.92 Å². The van der Waals surface area contributed by atoms with Gasteiger partial charge in [-0.3, -0.25) is 24.1 Å². The summed E-state index contributed by atoms with van der Waals surface area (Å²) in [6.45, 7) is 2.88. The van der Waals surface area contributed by atoms with Crippen LogP contribution in [0.25, 0.3) is 6.08 Å². The lowest BCUT2D eigenvalue weighted by Gasteiger charge is -2.18. The topological polar surface area (TPSA) is 96.0 Å². The maximum absolute atomic E-state index is 12.7. The van der Waals surface area contributed by atoms with Gasteiger partial charge in [0.05, 0.1) is 9.38 Å². The number of carbonyl (C=O) groups is 4. The molecule has 2 aliphatic rings. The van der Waals surface area contributed by atoms with E-state index in [1.807, 2.05) is 25.1 Å². The molecule has 10 heteroatoms. The Balaban J connectivity index is 1.35. The van der Waals surface area contributed by atoms with Crippen LogP contribution in [0.2, 0.25) is 0 Å². The molecule has 0 saturated carbocycles. The number of hydrogen-bond donors (Lipinski definition) is 1. The van der Waals surface area contributed by atoms with Crippen molar-refractivity contribution in [2.75, 3.05) is 31.6 Å². The Kier molecular flexibility index (Phi) is 7.92. The Bertz CT molecular complexity index is 1210. The number of nitrogens with zero attached hydrogens (tertiary/aromatic N) is 2. The Morgan fingerprint density at radius 2 is 1.91 bits per heavy atom. The highest BCUT2D eigenvalue weighted by atomic mass is 79.9. The fourth-order valence-corrected chi connectivity index (χ4v) is 5.13. The number of amides is 4. The van der Waals surface area contributed by atoms with Gasteiger partial charge in [0, 0.05) is 18.8 Å². The number of likely N-dealkylation sites (tertiary alicyclic amines) is 1. The van der Waals surface area contributed by atoms with E-state index in [9.17, 15) is 19.2 Å². The number of thioether (sulfide) groups is 1. The molecule has 0 aliphatic carbocycles. The highest BCUT2D eigenvalue weighted by molar-refractivity contribution is 9.10. The Labute approximate surface area is 215 Å². The predicted octanol–water partition coefficient (Wildman–Crippen LogP) is 4.43. The minimum Gasteiger partial charge on any atom is -0.483 e. The summed E-state index contributed by atoms with van der Waals surface area (Å²) in [6.07, 6.45) is 3.49. The van der Waals surface area contributed by atoms with E-state index in [4.69, 9.17) is 4.74 Å². The van der Waals surface area contributed by atoms with E-state index in [1.165, 1.54) is 0 Å². The van der Waals surface area contributed by atoms with Gasteiger partial charge in [0.1, 0.15) is 12.3 Å². The van der Waals surface area contributed by atoms with Crippen LogP contribution in [-0.4, -0.2) is 59.0 Å². The van der Waals surface area contributed by atoms with Gasteiger partial charge in [0.25, 0.3) is 17.1 Å². The Hall–Kier alpha value is -3.11. The highest BCUT2D eigenvalue weighted by Crippen LogP contribution is 2.34. The van der Waals surface area contributed by atoms with E-state index in [2.05, 4.69) is 21.2 Å². The zero-order chi connectivity index (χ0) is 24.9. The minimum absolute atomic E-state index is 0.171. The van der Waals surface area contributed by atoms with Crippen LogP contribution in [-0.2, 0) is 14.4 Å². The zero-order valence-electron chi connectivity index (χ0n) is 19.1. The molecule has 2 saturated heterocycles. The van der Waals surface area contributed by atoms with Gasteiger partial charge in [0.15, 0.2) is 6.61 Å². The van der Waals surface area contributed by atoms with E-state index >= 15 is 0 Å². The van der Waals surface area contributed by atoms with Crippen LogP contribution in [0.15, 0.2) is 51.8 Å². The van der Waals surface area contributed by atoms with Gasteiger partial charge in [-0.25, -0.2) is 0 Å². The first-order chi connectivity index (χ1) is 16.8. The molecule has 2 fully saturated rings. The maximum Gasteiger partial charge on any atom is 0.294 e. The number of rotatable bonds is 7. The first-order valence-electron chi connectivity index (χ1n) is 11.1. The number of ether oxygens (including phenoxy) is 1. The zero-order valence-corrected chi connectivity index (χ0v) is 21.5. The van der Waals surface area contributed by atoms with Gasteiger partial charge in [0.2, 0.25) is 5.91 Å². The molecule has 0 unspecified atom stereocenters. The lowest BCUT2D eigenvalue weighted by atomic mass is 10.2. The number of halogens is 1. The average Bonchev–Trinajstić information content (AvgIpc) is 3.44. The number of aryl methyl sites for hydroxylation is 1. The van der Waals surface area contributed by atoms with Crippen LogP contribution < -0.4 is 10.1 Å². The Morgan fingerprint density at radius 1 is 1.14 bits per heavy atom. The lowest BCUT2D eigenvalue weighted by molar-refractivity contribution is -0.135. The fraction of sp³-hybridized carbons (Fsp3) is 0.280. The van der Waals surface area contributed by atoms with Crippen LogP contribution in [0.3, 0.4) is 0 Å². The van der Waals surface area contributed by atoms with Crippen LogP contribution in [0.1, 0.15) is 24.0 Å². The first-order valence-corrected chi connectivity index (χ1v) is 12.7. The molecule has 182 valence electrons. The van der Waals surface area contributed by atoms with Crippen molar-refractivity contribution >= 4 is 62.4 Å². The van der Waals surface area contributed by atoms with Crippen molar-refractivity contribution in [2.45, 2.75) is 19.8 Å². The summed E-state index contributed by atoms with van der Waals surface area (Å²) in [5, 5.41) is 2.33. The monoisotopic (exact) mass is 557 g/mol. The summed E-state index contributed by atoms with van der Waals surface area (Å²) in [5.41, 5.74) is 2.41. The number of anilines is 1. The quantitative estimate of drug-likeness (QED) is 0.506. The Morgan fingerprint density at radius 3 is 2.63 bits per heavy atom. The molecule has 4 rings (SSSR count). The molecule has 0 atom stereocenters. The highest BCUT2D eigenvalue weighted by Gasteiger charge is 2.37. The van der Waals surface area contributed by atoms with Crippen molar-refractivity contribution in [1.29, 1.82) is 0 Å². The smallest absolute Gasteiger partial charge is 0.294 e. The number of carbonyl (C=O) groups excluding carboxylic acids is 4. The third kappa shape index (κ3) is 6.32. The van der Waals surface area contributed by atoms with Gasteiger partial charge in [-0.15, -0.1) is 0 Å². The molecule has 0 radical (unpaired) electrons. The SMILES string of the molecule is Cc1cccc(NC(=O)COc2ccc(/C=C3\SC(=O)N(CC(=O)N4CCCC4)C3=O)cc2Br)c1. The molecule has 2 aromatic carbocycles. The van der Waals surface area contributed by atoms with Gasteiger partial charge in [-0.2, -0.15) is 0 Å². The lowest BCUT2D eigenvalue weighted by Crippen LogP contribution is -2.40. The third-order valence-corrected chi connectivity index (χ3v) is 7.07. The molecule has 1 N–H and O–H groups in total. The van der Waals surface area contributed by atoms with Crippen LogP contribution in [0.5, 0.6) is 5.75 Å². The number of nitrogens with one attached hydrogen (secondary N) is 1. The summed E-state index contributed by atoms with van der Waals surface area (Å²) in [5.74, 6) is -0.506. The van der Waals surface area contributed by atoms with E-state index in [-0.39, 0.29) is 29.9 Å². The number of hydrogen-bond acceptors (Lipinski definition) is 6. The second-order valence-corrected chi connectivity index (χ2v) is 10.1. The van der Waals surface area contributed by atoms with E-state index in [0.717, 1.165) is 35.1 Å². The first kappa shape index (κ1) is 25.0. The molecule has 8 nitrogen and oxygen atoms in total. The molecular weight excluding hydrogens is 534 g/mol. The number of benzene rings is 2. The van der Waals surface area contributed by atoms with Crippen LogP contribution in [0.4, 0.5) is 10.5 Å². The average molecular weight is 558 g/mol. The largest absolute Gasteiger partial charge is 0.483 e. The van der Waals surface area contributed by atoms with Gasteiger partial charge < -0.3 is 15.0 Å². The van der Waals surface area contributed by atoms with E-state index in [0.29, 0.717) is 34.6 Å². The summed E-state index contributed by atoms with van der Waals surface area (Å²) in [6, 6.07) is 12.6. The predicted molar refractivity (Wildman–Crippen MR) is 138 cm³/mol. The normalized spacial score (nSPS) is 16.8. The van der Waals surface area contributed by atoms with Crippen LogP contribution >= 0.6 is 27.7 Å². The molecule has 0 bridgehead atoms. The molecule has 0 spiro atoms. The fourth-order valence-electron chi connectivity index (χ4n) is 3.78. The molecular formula is C25H24BrN3O5S. The van der Waals surface area contributed by atoms with E-state index < -0.39 is 11.1 Å². The summed E-state index contributed by atoms with van der Waals surface area (Å²) < 4.78 is 6.21. The van der Waals surface area contributed by atoms with Gasteiger partial charge in [-0.05, 0) is 88.9 Å². The van der Waals surface area contributed by atoms with E-state index in [1.54, 1.807) is 35.2 Å². The maximum atomic E-state index is 12.7. The van der Waals surface area contributed by atoms with Crippen molar-refractivity contribution in [3.05, 3.63) is 63.0 Å². The number of imide groups is 1. The van der Waals surface area contributed by atoms with Crippen molar-refractivity contribution in [3.63, 3.8) is 0 Å². The standard InChI is InChI=1S/C25H24BrN3O5S/c1-16-5-4-6-18(11-16)27-22(30)15-34-20-8-7-17(12-19(20)26)13-21-24(32)29(25(33)35-21)14-23(31)28-9-2-3-10-28/h4-8,11-13H,2-3,9-10,14-15H2,1H3,(H,27,30)/b21-13-. The molecule has 2 heterocycles.